The molecule has 1 aromatic carbocycles. The topological polar surface area (TPSA) is 240 Å². The predicted molar refractivity (Wildman–Crippen MR) is 209 cm³/mol. The van der Waals surface area contributed by atoms with Crippen molar-refractivity contribution in [1.82, 2.24) is 5.32 Å². The van der Waals surface area contributed by atoms with Crippen molar-refractivity contribution in [3.8, 4) is 0 Å². The molecule has 17 heteroatoms. The van der Waals surface area contributed by atoms with E-state index in [1.54, 1.807) is 59.7 Å². The van der Waals surface area contributed by atoms with Crippen LogP contribution in [0.4, 0.5) is 9.59 Å². The molecule has 5 rings (SSSR count). The Labute approximate surface area is 349 Å². The van der Waals surface area contributed by atoms with Crippen LogP contribution in [0.15, 0.2) is 41.5 Å². The molecule has 4 aliphatic rings. The molecule has 2 unspecified atom stereocenters. The van der Waals surface area contributed by atoms with Gasteiger partial charge >= 0.3 is 30.2 Å². The summed E-state index contributed by atoms with van der Waals surface area (Å²) in [5, 5.41) is 39.8. The van der Waals surface area contributed by atoms with Crippen LogP contribution in [0.2, 0.25) is 0 Å². The molecule has 1 heterocycles. The van der Waals surface area contributed by atoms with Crippen molar-refractivity contribution in [2.24, 2.45) is 22.2 Å². The summed E-state index contributed by atoms with van der Waals surface area (Å²) in [4.78, 5) is 82.7. The van der Waals surface area contributed by atoms with Crippen LogP contribution in [0.5, 0.6) is 0 Å². The summed E-state index contributed by atoms with van der Waals surface area (Å²) in [7, 11) is 1.07. The number of ketones is 1. The van der Waals surface area contributed by atoms with Crippen LogP contribution < -0.4 is 5.32 Å². The first-order valence-corrected chi connectivity index (χ1v) is 19.9. The van der Waals surface area contributed by atoms with E-state index >= 15 is 4.79 Å². The third kappa shape index (κ3) is 8.00. The first-order valence-electron chi connectivity index (χ1n) is 19.9. The Bertz CT molecular complexity index is 1910. The van der Waals surface area contributed by atoms with Gasteiger partial charge in [-0.3, -0.25) is 9.59 Å². The standard InChI is InChI=1S/C43H59NO16/c1-21-24(57-35(50)28(47)31(38(3,4)5)44-36(51)59-39(6,7)8)19-43(53)33(58-34(49)23-16-14-13-15-17-23)30-41(11,32(48)29(56-22(2)45)27(21)40(43,9)10)25(46)18-26-42(30,20-55-26)60-37(52)54-12/h13-17,24-26,28-31,33,46-47,53H,18-20H2,1-12H3,(H,44,51)/t24-,25-,26?,28+,29+,30?,31+,33-,41+,42-,43+/m0/s1. The second-order valence-corrected chi connectivity index (χ2v) is 19.1. The maximum atomic E-state index is 15.4. The molecule has 1 aliphatic heterocycles. The molecule has 0 radical (unpaired) electrons. The average molecular weight is 846 g/mol. The number of nitrogens with one attached hydrogen (secondary N) is 1. The monoisotopic (exact) mass is 845 g/mol. The van der Waals surface area contributed by atoms with E-state index in [4.69, 9.17) is 33.2 Å². The largest absolute Gasteiger partial charge is 0.508 e. The third-order valence-corrected chi connectivity index (χ3v) is 12.7. The van der Waals surface area contributed by atoms with Gasteiger partial charge in [-0.1, -0.05) is 52.8 Å². The van der Waals surface area contributed by atoms with Gasteiger partial charge in [-0.05, 0) is 63.3 Å². The van der Waals surface area contributed by atoms with E-state index in [-0.39, 0.29) is 29.7 Å². The van der Waals surface area contributed by atoms with Crippen LogP contribution >= 0.6 is 0 Å². The van der Waals surface area contributed by atoms with Gasteiger partial charge in [0.2, 0.25) is 0 Å². The Morgan fingerprint density at radius 3 is 2.10 bits per heavy atom. The normalized spacial score (nSPS) is 33.1. The van der Waals surface area contributed by atoms with Crippen LogP contribution in [0.1, 0.15) is 99.4 Å². The van der Waals surface area contributed by atoms with Crippen LogP contribution in [-0.4, -0.2) is 124 Å². The Morgan fingerprint density at radius 2 is 1.58 bits per heavy atom. The first kappa shape index (κ1) is 46.5. The molecule has 3 fully saturated rings. The minimum Gasteiger partial charge on any atom is -0.456 e. The van der Waals surface area contributed by atoms with Crippen molar-refractivity contribution in [1.29, 1.82) is 0 Å². The van der Waals surface area contributed by atoms with E-state index in [0.717, 1.165) is 14.0 Å². The highest BCUT2D eigenvalue weighted by molar-refractivity contribution is 5.95. The van der Waals surface area contributed by atoms with Gasteiger partial charge in [-0.15, -0.1) is 0 Å². The molecule has 0 aromatic heterocycles. The molecule has 17 nitrogen and oxygen atoms in total. The van der Waals surface area contributed by atoms with Crippen molar-refractivity contribution in [3.63, 3.8) is 0 Å². The number of Topliss-reactive ketones (excluding diaryl/α,β-unsaturated/α-hetero) is 1. The van der Waals surface area contributed by atoms with Gasteiger partial charge in [-0.25, -0.2) is 19.2 Å². The lowest BCUT2D eigenvalue weighted by atomic mass is 9.44. The third-order valence-electron chi connectivity index (χ3n) is 12.7. The number of carbonyl (C=O) groups is 6. The fourth-order valence-electron chi connectivity index (χ4n) is 9.50. The molecule has 11 atom stereocenters. The highest BCUT2D eigenvalue weighted by Crippen LogP contribution is 2.64. The number of hydrogen-bond donors (Lipinski definition) is 4. The molecule has 3 aliphatic carbocycles. The Kier molecular flexibility index (Phi) is 12.4. The number of fused-ring (bicyclic) bond motifs is 5. The van der Waals surface area contributed by atoms with E-state index in [0.29, 0.717) is 0 Å². The smallest absolute Gasteiger partial charge is 0.456 e. The van der Waals surface area contributed by atoms with E-state index < -0.39 is 124 Å². The molecular weight excluding hydrogens is 786 g/mol. The highest BCUT2D eigenvalue weighted by Gasteiger charge is 2.78. The number of methoxy groups -OCH3 is 1. The second kappa shape index (κ2) is 16.0. The van der Waals surface area contributed by atoms with Crippen molar-refractivity contribution in [3.05, 3.63) is 47.0 Å². The van der Waals surface area contributed by atoms with Crippen molar-refractivity contribution in [2.45, 2.75) is 148 Å². The summed E-state index contributed by atoms with van der Waals surface area (Å²) in [6.07, 6.45) is -12.8. The van der Waals surface area contributed by atoms with Crippen LogP contribution in [0, 0.1) is 22.2 Å². The fourth-order valence-corrected chi connectivity index (χ4v) is 9.50. The predicted octanol–water partition coefficient (Wildman–Crippen LogP) is 3.72. The zero-order chi connectivity index (χ0) is 45.1. The number of alkyl carbamates (subject to hydrolysis) is 1. The first-order chi connectivity index (χ1) is 27.6. The lowest BCUT2D eigenvalue weighted by molar-refractivity contribution is -0.344. The molecular formula is C43H59NO16. The molecule has 0 spiro atoms. The van der Waals surface area contributed by atoms with E-state index in [1.807, 2.05) is 0 Å². The van der Waals surface area contributed by atoms with Gasteiger partial charge < -0.3 is 53.8 Å². The molecule has 60 heavy (non-hydrogen) atoms. The minimum atomic E-state index is -2.42. The van der Waals surface area contributed by atoms with Crippen LogP contribution in [-0.2, 0) is 47.5 Å². The Morgan fingerprint density at radius 1 is 0.967 bits per heavy atom. The molecule has 332 valence electrons. The summed E-state index contributed by atoms with van der Waals surface area (Å²) < 4.78 is 40.3. The zero-order valence-corrected chi connectivity index (χ0v) is 36.3. The molecule has 2 saturated carbocycles. The molecule has 1 amide bonds. The maximum absolute atomic E-state index is 15.4. The summed E-state index contributed by atoms with van der Waals surface area (Å²) >= 11 is 0. The minimum absolute atomic E-state index is 0.0226. The summed E-state index contributed by atoms with van der Waals surface area (Å²) in [5.74, 6) is -5.62. The summed E-state index contributed by atoms with van der Waals surface area (Å²) in [6.45, 7) is 16.6. The van der Waals surface area contributed by atoms with Crippen molar-refractivity contribution >= 4 is 35.9 Å². The maximum Gasteiger partial charge on any atom is 0.508 e. The molecule has 1 aromatic rings. The van der Waals surface area contributed by atoms with Gasteiger partial charge in [0.15, 0.2) is 23.6 Å². The summed E-state index contributed by atoms with van der Waals surface area (Å²) in [6, 6.07) is 6.50. The molecule has 2 bridgehead atoms. The number of ether oxygens (including phenoxy) is 7. The quantitative estimate of drug-likeness (QED) is 0.166. The fraction of sp³-hybridized carbons (Fsp3) is 0.674. The number of aliphatic hydroxyl groups excluding tert-OH is 2. The van der Waals surface area contributed by atoms with Crippen LogP contribution in [0.25, 0.3) is 0 Å². The lowest BCUT2D eigenvalue weighted by Crippen LogP contribution is -2.82. The zero-order valence-electron chi connectivity index (χ0n) is 36.3. The van der Waals surface area contributed by atoms with Crippen LogP contribution in [0.3, 0.4) is 0 Å². The van der Waals surface area contributed by atoms with E-state index in [2.05, 4.69) is 5.32 Å². The molecule has 4 N–H and O–H groups in total. The Hall–Kier alpha value is -4.58. The molecule has 1 saturated heterocycles. The number of aliphatic hydroxyl groups is 3. The van der Waals surface area contributed by atoms with Gasteiger partial charge in [0.1, 0.15) is 29.5 Å². The van der Waals surface area contributed by atoms with E-state index in [1.165, 1.54) is 39.8 Å². The number of rotatable bonds is 8. The van der Waals surface area contributed by atoms with Gasteiger partial charge in [-0.2, -0.15) is 0 Å². The van der Waals surface area contributed by atoms with Crippen molar-refractivity contribution < 1.29 is 77.2 Å². The summed E-state index contributed by atoms with van der Waals surface area (Å²) in [5.41, 5.74) is -9.78. The van der Waals surface area contributed by atoms with Gasteiger partial charge in [0.25, 0.3) is 0 Å². The van der Waals surface area contributed by atoms with Gasteiger partial charge in [0.05, 0.1) is 42.8 Å². The highest BCUT2D eigenvalue weighted by atomic mass is 16.8. The number of esters is 3. The lowest BCUT2D eigenvalue weighted by Gasteiger charge is -2.67. The second-order valence-electron chi connectivity index (χ2n) is 19.1. The van der Waals surface area contributed by atoms with Crippen molar-refractivity contribution in [2.75, 3.05) is 13.7 Å². The van der Waals surface area contributed by atoms with Gasteiger partial charge in [0, 0.05) is 25.2 Å². The number of amides is 1. The average Bonchev–Trinajstić information content (AvgIpc) is 3.13. The van der Waals surface area contributed by atoms with E-state index in [9.17, 15) is 39.3 Å². The SMILES string of the molecule is COC(=O)O[C@@]12COC1C[C@H](O)[C@@]1(C)C(=O)[C@H](OC(C)=O)C3=C(C)[C@@H](OC(=O)[C@H](O)[C@@H](NC(=O)OC(C)(C)C)C(C)(C)C)C[C@@](O)([C@@H](OC(=O)c4ccccc4)C21)C3(C)C. The number of hydrogen-bond acceptors (Lipinski definition) is 16. The number of benzene rings is 1. The number of carbonyl (C=O) groups excluding carboxylic acids is 6. The Balaban J connectivity index is 1.74.